The molecule has 118 valence electrons. The van der Waals surface area contributed by atoms with E-state index in [2.05, 4.69) is 10.3 Å². The molecule has 1 amide bonds. The second-order valence-corrected chi connectivity index (χ2v) is 6.07. The molecule has 3 rings (SSSR count). The highest BCUT2D eigenvalue weighted by atomic mass is 32.1. The molecule has 3 aromatic rings. The summed E-state index contributed by atoms with van der Waals surface area (Å²) in [6.07, 6.45) is 0.745. The Kier molecular flexibility index (Phi) is 4.50. The Bertz CT molecular complexity index is 854. The quantitative estimate of drug-likeness (QED) is 0.738. The fourth-order valence-corrected chi connectivity index (χ4v) is 3.04. The van der Waals surface area contributed by atoms with Crippen molar-refractivity contribution in [3.8, 4) is 0 Å². The normalized spacial score (nSPS) is 12.2. The van der Waals surface area contributed by atoms with E-state index in [0.717, 1.165) is 10.2 Å². The van der Waals surface area contributed by atoms with Gasteiger partial charge in [0.1, 0.15) is 0 Å². The Morgan fingerprint density at radius 1 is 1.26 bits per heavy atom. The van der Waals surface area contributed by atoms with Gasteiger partial charge in [0.2, 0.25) is 0 Å². The zero-order chi connectivity index (χ0) is 16.2. The molecule has 0 saturated carbocycles. The van der Waals surface area contributed by atoms with Crippen molar-refractivity contribution in [3.63, 3.8) is 0 Å². The van der Waals surface area contributed by atoms with Gasteiger partial charge in [0.25, 0.3) is 11.5 Å². The van der Waals surface area contributed by atoms with Crippen LogP contribution in [0.4, 0.5) is 0 Å². The third-order valence-electron chi connectivity index (χ3n) is 3.29. The lowest BCUT2D eigenvalue weighted by molar-refractivity contribution is 0.0903. The highest BCUT2D eigenvalue weighted by Gasteiger charge is 2.14. The highest BCUT2D eigenvalue weighted by molar-refractivity contribution is 7.20. The minimum atomic E-state index is -0.853. The van der Waals surface area contributed by atoms with Crippen molar-refractivity contribution in [1.82, 2.24) is 14.9 Å². The Morgan fingerprint density at radius 2 is 2.04 bits per heavy atom. The zero-order valence-corrected chi connectivity index (χ0v) is 13.0. The second kappa shape index (κ2) is 6.72. The van der Waals surface area contributed by atoms with Crippen LogP contribution in [0.25, 0.3) is 10.2 Å². The molecular weight excluding hydrogens is 314 g/mol. The van der Waals surface area contributed by atoms with Crippen molar-refractivity contribution < 1.29 is 9.90 Å². The fraction of sp³-hybridized carbons (Fsp3) is 0.188. The predicted octanol–water partition coefficient (Wildman–Crippen LogP) is 1.25. The number of pyridine rings is 1. The summed E-state index contributed by atoms with van der Waals surface area (Å²) < 4.78 is 2.34. The largest absolute Gasteiger partial charge is 0.389 e. The van der Waals surface area contributed by atoms with E-state index < -0.39 is 6.10 Å². The molecule has 1 atom stereocenters. The van der Waals surface area contributed by atoms with Gasteiger partial charge in [-0.3, -0.25) is 9.59 Å². The van der Waals surface area contributed by atoms with E-state index >= 15 is 0 Å². The molecule has 0 spiro atoms. The standard InChI is InChI=1S/C16H15N3O3S/c20-11(10-19-8-4-3-7-14(19)21)9-17-15(22)16-18-12-5-1-2-6-13(12)23-16/h1-8,11,20H,9-10H2,(H,17,22)/t11-/m0/s1. The van der Waals surface area contributed by atoms with Crippen LogP contribution >= 0.6 is 11.3 Å². The first-order chi connectivity index (χ1) is 11.1. The summed E-state index contributed by atoms with van der Waals surface area (Å²) in [5.41, 5.74) is 0.586. The van der Waals surface area contributed by atoms with Crippen LogP contribution in [0.3, 0.4) is 0 Å². The molecule has 0 saturated heterocycles. The number of nitrogens with one attached hydrogen (secondary N) is 1. The first kappa shape index (κ1) is 15.4. The Morgan fingerprint density at radius 3 is 2.83 bits per heavy atom. The molecule has 1 aromatic carbocycles. The van der Waals surface area contributed by atoms with Gasteiger partial charge in [-0.15, -0.1) is 11.3 Å². The molecular formula is C16H15N3O3S. The number of thiazole rings is 1. The van der Waals surface area contributed by atoms with Gasteiger partial charge in [0, 0.05) is 18.8 Å². The second-order valence-electron chi connectivity index (χ2n) is 5.04. The summed E-state index contributed by atoms with van der Waals surface area (Å²) in [4.78, 5) is 27.9. The van der Waals surface area contributed by atoms with Gasteiger partial charge in [-0.2, -0.15) is 0 Å². The van der Waals surface area contributed by atoms with Crippen LogP contribution in [0, 0.1) is 0 Å². The van der Waals surface area contributed by atoms with E-state index in [-0.39, 0.29) is 24.6 Å². The van der Waals surface area contributed by atoms with Crippen LogP contribution in [0.1, 0.15) is 9.80 Å². The average Bonchev–Trinajstić information content (AvgIpc) is 2.99. The SMILES string of the molecule is O=C(NC[C@H](O)Cn1ccccc1=O)c1nc2ccccc2s1. The number of aliphatic hydroxyl groups excluding tert-OH is 1. The van der Waals surface area contributed by atoms with Gasteiger partial charge in [0.15, 0.2) is 5.01 Å². The number of aliphatic hydroxyl groups is 1. The van der Waals surface area contributed by atoms with E-state index in [1.165, 1.54) is 22.0 Å². The van der Waals surface area contributed by atoms with Crippen molar-refractivity contribution in [1.29, 1.82) is 0 Å². The molecule has 0 bridgehead atoms. The van der Waals surface area contributed by atoms with Gasteiger partial charge in [-0.25, -0.2) is 4.98 Å². The number of carbonyl (C=O) groups is 1. The van der Waals surface area contributed by atoms with Crippen LogP contribution in [-0.4, -0.2) is 33.2 Å². The van der Waals surface area contributed by atoms with Crippen molar-refractivity contribution in [2.75, 3.05) is 6.54 Å². The Balaban J connectivity index is 1.60. The molecule has 0 unspecified atom stereocenters. The third-order valence-corrected chi connectivity index (χ3v) is 4.33. The van der Waals surface area contributed by atoms with E-state index in [0.29, 0.717) is 5.01 Å². The summed E-state index contributed by atoms with van der Waals surface area (Å²) in [6.45, 7) is 0.176. The number of hydrogen-bond donors (Lipinski definition) is 2. The van der Waals surface area contributed by atoms with E-state index in [1.807, 2.05) is 24.3 Å². The smallest absolute Gasteiger partial charge is 0.280 e. The molecule has 0 aliphatic carbocycles. The fourth-order valence-electron chi connectivity index (χ4n) is 2.16. The van der Waals surface area contributed by atoms with Crippen molar-refractivity contribution in [2.24, 2.45) is 0 Å². The van der Waals surface area contributed by atoms with Crippen LogP contribution < -0.4 is 10.9 Å². The van der Waals surface area contributed by atoms with Crippen LogP contribution in [0.15, 0.2) is 53.5 Å². The lowest BCUT2D eigenvalue weighted by Crippen LogP contribution is -2.36. The molecule has 6 nitrogen and oxygen atoms in total. The highest BCUT2D eigenvalue weighted by Crippen LogP contribution is 2.21. The number of aromatic nitrogens is 2. The van der Waals surface area contributed by atoms with Crippen LogP contribution in [0.2, 0.25) is 0 Å². The van der Waals surface area contributed by atoms with Crippen molar-refractivity contribution in [3.05, 3.63) is 64.0 Å². The number of hydrogen-bond acceptors (Lipinski definition) is 5. The topological polar surface area (TPSA) is 84.2 Å². The molecule has 0 radical (unpaired) electrons. The molecule has 2 aromatic heterocycles. The van der Waals surface area contributed by atoms with Crippen molar-refractivity contribution >= 4 is 27.5 Å². The molecule has 7 heteroatoms. The van der Waals surface area contributed by atoms with Gasteiger partial charge in [0.05, 0.1) is 22.9 Å². The first-order valence-electron chi connectivity index (χ1n) is 7.11. The van der Waals surface area contributed by atoms with Gasteiger partial charge in [-0.05, 0) is 18.2 Å². The maximum absolute atomic E-state index is 12.1. The summed E-state index contributed by atoms with van der Waals surface area (Å²) in [5.74, 6) is -0.328. The lowest BCUT2D eigenvalue weighted by atomic mass is 10.3. The minimum absolute atomic E-state index is 0.0517. The Labute approximate surface area is 136 Å². The number of nitrogens with zero attached hydrogens (tertiary/aromatic N) is 2. The third kappa shape index (κ3) is 3.64. The summed E-state index contributed by atoms with van der Waals surface area (Å²) in [7, 11) is 0. The number of carbonyl (C=O) groups excluding carboxylic acids is 1. The summed E-state index contributed by atoms with van der Waals surface area (Å²) >= 11 is 1.30. The molecule has 0 aliphatic rings. The van der Waals surface area contributed by atoms with E-state index in [9.17, 15) is 14.7 Å². The van der Waals surface area contributed by atoms with E-state index in [1.54, 1.807) is 18.3 Å². The maximum atomic E-state index is 12.1. The van der Waals surface area contributed by atoms with Crippen LogP contribution in [0.5, 0.6) is 0 Å². The van der Waals surface area contributed by atoms with Gasteiger partial charge < -0.3 is 15.0 Å². The molecule has 2 heterocycles. The zero-order valence-electron chi connectivity index (χ0n) is 12.2. The molecule has 0 aliphatic heterocycles. The lowest BCUT2D eigenvalue weighted by Gasteiger charge is -2.12. The maximum Gasteiger partial charge on any atom is 0.280 e. The monoisotopic (exact) mass is 329 g/mol. The molecule has 23 heavy (non-hydrogen) atoms. The number of benzene rings is 1. The number of para-hydroxylation sites is 1. The number of amides is 1. The number of rotatable bonds is 5. The van der Waals surface area contributed by atoms with E-state index in [4.69, 9.17) is 0 Å². The molecule has 2 N–H and O–H groups in total. The summed E-state index contributed by atoms with van der Waals surface area (Å²) in [6, 6.07) is 12.3. The number of fused-ring (bicyclic) bond motifs is 1. The minimum Gasteiger partial charge on any atom is -0.389 e. The van der Waals surface area contributed by atoms with Gasteiger partial charge >= 0.3 is 0 Å². The van der Waals surface area contributed by atoms with Gasteiger partial charge in [-0.1, -0.05) is 18.2 Å². The molecule has 0 fully saturated rings. The summed E-state index contributed by atoms with van der Waals surface area (Å²) in [5, 5.41) is 13.0. The van der Waals surface area contributed by atoms with Crippen molar-refractivity contribution in [2.45, 2.75) is 12.6 Å². The first-order valence-corrected chi connectivity index (χ1v) is 7.92. The average molecular weight is 329 g/mol. The predicted molar refractivity (Wildman–Crippen MR) is 88.7 cm³/mol. The Hall–Kier alpha value is -2.51. The van der Waals surface area contributed by atoms with Crippen LogP contribution in [-0.2, 0) is 6.54 Å².